The summed E-state index contributed by atoms with van der Waals surface area (Å²) in [5.41, 5.74) is 4.23. The summed E-state index contributed by atoms with van der Waals surface area (Å²) in [6, 6.07) is 18.7. The van der Waals surface area contributed by atoms with Crippen molar-refractivity contribution in [3.05, 3.63) is 77.0 Å². The third kappa shape index (κ3) is 3.75. The second kappa shape index (κ2) is 7.02. The van der Waals surface area contributed by atoms with Gasteiger partial charge in [0.1, 0.15) is 5.69 Å². The lowest BCUT2D eigenvalue weighted by atomic mass is 10.1. The van der Waals surface area contributed by atoms with Crippen LogP contribution in [0.4, 0.5) is 0 Å². The minimum Gasteiger partial charge on any atom is -0.350 e. The van der Waals surface area contributed by atoms with Gasteiger partial charge in [-0.2, -0.15) is 5.26 Å². The van der Waals surface area contributed by atoms with Gasteiger partial charge < -0.3 is 9.42 Å². The Morgan fingerprint density at radius 3 is 2.48 bits per heavy atom. The molecule has 0 spiro atoms. The Labute approximate surface area is 146 Å². The molecule has 0 aliphatic heterocycles. The zero-order chi connectivity index (χ0) is 17.8. The Balaban J connectivity index is 1.72. The smallest absolute Gasteiger partial charge is 0.292 e. The first-order chi connectivity index (χ1) is 12.1. The van der Waals surface area contributed by atoms with E-state index in [4.69, 9.17) is 9.78 Å². The van der Waals surface area contributed by atoms with E-state index in [1.807, 2.05) is 43.3 Å². The first-order valence-corrected chi connectivity index (χ1v) is 7.85. The third-order valence-electron chi connectivity index (χ3n) is 3.92. The maximum absolute atomic E-state index is 12.5. The van der Waals surface area contributed by atoms with Gasteiger partial charge in [0.05, 0.1) is 11.6 Å². The van der Waals surface area contributed by atoms with Crippen LogP contribution in [0.25, 0.3) is 11.3 Å². The highest BCUT2D eigenvalue weighted by Crippen LogP contribution is 2.20. The van der Waals surface area contributed by atoms with Crippen LogP contribution in [0.15, 0.2) is 59.1 Å². The second-order valence-electron chi connectivity index (χ2n) is 5.91. The Morgan fingerprint density at radius 1 is 1.16 bits per heavy atom. The number of carbonyl (C=O) groups excluding carboxylic acids is 1. The van der Waals surface area contributed by atoms with Crippen molar-refractivity contribution in [2.24, 2.45) is 0 Å². The highest BCUT2D eigenvalue weighted by Gasteiger charge is 2.18. The molecule has 124 valence electrons. The molecule has 0 saturated heterocycles. The molecule has 2 aromatic carbocycles. The van der Waals surface area contributed by atoms with Crippen LogP contribution in [0, 0.1) is 18.3 Å². The van der Waals surface area contributed by atoms with Crippen molar-refractivity contribution in [2.45, 2.75) is 13.5 Å². The summed E-state index contributed by atoms with van der Waals surface area (Å²) in [5, 5.41) is 12.8. The number of aryl methyl sites for hydroxylation is 1. The Hall–Kier alpha value is -3.39. The summed E-state index contributed by atoms with van der Waals surface area (Å²) in [6.07, 6.45) is 0. The minimum atomic E-state index is -0.241. The molecule has 0 radical (unpaired) electrons. The molecule has 25 heavy (non-hydrogen) atoms. The van der Waals surface area contributed by atoms with Gasteiger partial charge in [-0.1, -0.05) is 47.1 Å². The molecule has 5 nitrogen and oxygen atoms in total. The molecule has 0 saturated carbocycles. The fourth-order valence-electron chi connectivity index (χ4n) is 2.45. The SMILES string of the molecule is Cc1ccc(-c2cc(C(=O)N(C)Cc3ccc(C#N)cc3)on2)cc1. The first kappa shape index (κ1) is 16.5. The molecule has 3 rings (SSSR count). The van der Waals surface area contributed by atoms with E-state index in [9.17, 15) is 4.79 Å². The molecule has 0 fully saturated rings. The fourth-order valence-corrected chi connectivity index (χ4v) is 2.45. The Bertz CT molecular complexity index is 919. The van der Waals surface area contributed by atoms with E-state index in [1.165, 1.54) is 0 Å². The predicted molar refractivity (Wildman–Crippen MR) is 93.6 cm³/mol. The van der Waals surface area contributed by atoms with Crippen LogP contribution in [0.5, 0.6) is 0 Å². The van der Waals surface area contributed by atoms with Gasteiger partial charge in [0.25, 0.3) is 5.91 Å². The van der Waals surface area contributed by atoms with Crippen LogP contribution in [-0.2, 0) is 6.54 Å². The van der Waals surface area contributed by atoms with E-state index in [-0.39, 0.29) is 11.7 Å². The Morgan fingerprint density at radius 2 is 1.84 bits per heavy atom. The Kier molecular flexibility index (Phi) is 4.62. The zero-order valence-corrected chi connectivity index (χ0v) is 14.1. The lowest BCUT2D eigenvalue weighted by Gasteiger charge is -2.15. The van der Waals surface area contributed by atoms with E-state index in [0.717, 1.165) is 16.7 Å². The van der Waals surface area contributed by atoms with Crippen molar-refractivity contribution in [1.29, 1.82) is 5.26 Å². The average Bonchev–Trinajstić information content (AvgIpc) is 3.12. The molecule has 3 aromatic rings. The molecule has 0 aliphatic rings. The van der Waals surface area contributed by atoms with Crippen LogP contribution in [-0.4, -0.2) is 23.0 Å². The van der Waals surface area contributed by atoms with Crippen molar-refractivity contribution in [2.75, 3.05) is 7.05 Å². The van der Waals surface area contributed by atoms with E-state index in [2.05, 4.69) is 11.2 Å². The topological polar surface area (TPSA) is 70.1 Å². The number of nitrogens with zero attached hydrogens (tertiary/aromatic N) is 3. The summed E-state index contributed by atoms with van der Waals surface area (Å²) in [4.78, 5) is 14.1. The molecule has 5 heteroatoms. The highest BCUT2D eigenvalue weighted by atomic mass is 16.5. The maximum Gasteiger partial charge on any atom is 0.292 e. The van der Waals surface area contributed by atoms with Crippen LogP contribution >= 0.6 is 0 Å². The summed E-state index contributed by atoms with van der Waals surface area (Å²) in [7, 11) is 1.70. The van der Waals surface area contributed by atoms with Gasteiger partial charge in [-0.15, -0.1) is 0 Å². The number of hydrogen-bond acceptors (Lipinski definition) is 4. The largest absolute Gasteiger partial charge is 0.350 e. The van der Waals surface area contributed by atoms with Crippen LogP contribution in [0.2, 0.25) is 0 Å². The predicted octanol–water partition coefficient (Wildman–Crippen LogP) is 3.79. The van der Waals surface area contributed by atoms with E-state index < -0.39 is 0 Å². The number of hydrogen-bond donors (Lipinski definition) is 0. The van der Waals surface area contributed by atoms with Crippen molar-refractivity contribution >= 4 is 5.91 Å². The van der Waals surface area contributed by atoms with Crippen molar-refractivity contribution in [3.63, 3.8) is 0 Å². The van der Waals surface area contributed by atoms with Gasteiger partial charge in [0.15, 0.2) is 0 Å². The molecule has 0 N–H and O–H groups in total. The quantitative estimate of drug-likeness (QED) is 0.729. The first-order valence-electron chi connectivity index (χ1n) is 7.85. The van der Waals surface area contributed by atoms with Crippen LogP contribution in [0.3, 0.4) is 0 Å². The van der Waals surface area contributed by atoms with Gasteiger partial charge in [-0.05, 0) is 24.6 Å². The second-order valence-corrected chi connectivity index (χ2v) is 5.91. The lowest BCUT2D eigenvalue weighted by Crippen LogP contribution is -2.25. The number of nitriles is 1. The number of carbonyl (C=O) groups is 1. The van der Waals surface area contributed by atoms with Crippen LogP contribution < -0.4 is 0 Å². The van der Waals surface area contributed by atoms with Gasteiger partial charge in [0, 0.05) is 25.2 Å². The number of benzene rings is 2. The van der Waals surface area contributed by atoms with Crippen molar-refractivity contribution in [3.8, 4) is 17.3 Å². The molecule has 0 unspecified atom stereocenters. The normalized spacial score (nSPS) is 10.3. The zero-order valence-electron chi connectivity index (χ0n) is 14.1. The molecular formula is C20H17N3O2. The molecular weight excluding hydrogens is 314 g/mol. The monoisotopic (exact) mass is 331 g/mol. The molecule has 0 aliphatic carbocycles. The third-order valence-corrected chi connectivity index (χ3v) is 3.92. The number of rotatable bonds is 4. The number of aromatic nitrogens is 1. The maximum atomic E-state index is 12.5. The van der Waals surface area contributed by atoms with Gasteiger partial charge >= 0.3 is 0 Å². The summed E-state index contributed by atoms with van der Waals surface area (Å²) in [5.74, 6) is -0.0399. The van der Waals surface area contributed by atoms with E-state index in [1.54, 1.807) is 30.1 Å². The molecule has 1 aromatic heterocycles. The minimum absolute atomic E-state index is 0.201. The summed E-state index contributed by atoms with van der Waals surface area (Å²) >= 11 is 0. The van der Waals surface area contributed by atoms with Crippen LogP contribution in [0.1, 0.15) is 27.2 Å². The van der Waals surface area contributed by atoms with E-state index in [0.29, 0.717) is 17.8 Å². The van der Waals surface area contributed by atoms with Gasteiger partial charge in [-0.25, -0.2) is 0 Å². The molecule has 0 bridgehead atoms. The van der Waals surface area contributed by atoms with Crippen molar-refractivity contribution < 1.29 is 9.32 Å². The van der Waals surface area contributed by atoms with E-state index >= 15 is 0 Å². The number of amides is 1. The summed E-state index contributed by atoms with van der Waals surface area (Å²) in [6.45, 7) is 2.44. The molecule has 0 atom stereocenters. The summed E-state index contributed by atoms with van der Waals surface area (Å²) < 4.78 is 5.22. The highest BCUT2D eigenvalue weighted by molar-refractivity contribution is 5.92. The fraction of sp³-hybridized carbons (Fsp3) is 0.150. The molecule has 1 amide bonds. The molecule has 1 heterocycles. The van der Waals surface area contributed by atoms with Crippen molar-refractivity contribution in [1.82, 2.24) is 10.1 Å². The lowest BCUT2D eigenvalue weighted by molar-refractivity contribution is 0.0743. The van der Waals surface area contributed by atoms with Gasteiger partial charge in [0.2, 0.25) is 5.76 Å². The average molecular weight is 331 g/mol. The van der Waals surface area contributed by atoms with Gasteiger partial charge in [-0.3, -0.25) is 4.79 Å². The standard InChI is InChI=1S/C20H17N3O2/c1-14-3-9-17(10-4-14)18-11-19(25-22-18)20(24)23(2)13-16-7-5-15(12-21)6-8-16/h3-11H,13H2,1-2H3.